The molecule has 0 aliphatic heterocycles. The maximum Gasteiger partial charge on any atom is 0.455 e. The van der Waals surface area contributed by atoms with Crippen molar-refractivity contribution in [2.45, 2.75) is 25.1 Å². The van der Waals surface area contributed by atoms with Crippen LogP contribution in [0.2, 0.25) is 0 Å². The first-order valence-corrected chi connectivity index (χ1v) is 5.09. The largest absolute Gasteiger partial charge is 0.455 e. The zero-order valence-electron chi connectivity index (χ0n) is 9.88. The van der Waals surface area contributed by atoms with E-state index in [-0.39, 0.29) is 11.6 Å². The molecule has 1 unspecified atom stereocenters. The van der Waals surface area contributed by atoms with E-state index >= 15 is 0 Å². The first-order valence-electron chi connectivity index (χ1n) is 5.09. The molecule has 0 aliphatic rings. The van der Waals surface area contributed by atoms with Crippen LogP contribution in [0.4, 0.5) is 30.7 Å². The van der Waals surface area contributed by atoms with Gasteiger partial charge in [0.25, 0.3) is 0 Å². The van der Waals surface area contributed by atoms with Gasteiger partial charge in [-0.05, 0) is 25.6 Å². The minimum atomic E-state index is -5.85. The van der Waals surface area contributed by atoms with Crippen LogP contribution in [0.25, 0.3) is 0 Å². The predicted molar refractivity (Wildman–Crippen MR) is 53.9 cm³/mol. The van der Waals surface area contributed by atoms with Gasteiger partial charge in [0.2, 0.25) is 0 Å². The van der Waals surface area contributed by atoms with Gasteiger partial charge in [-0.3, -0.25) is 0 Å². The molecule has 0 bridgehead atoms. The molecule has 0 saturated carbocycles. The second kappa shape index (κ2) is 4.99. The standard InChI is InChI=1S/C11H10F7N/c1-5-3-6(8(13)4-7(5)12)9(19-2)10(14,15)11(16,17)18/h3-4,9,19H,1-2H3. The summed E-state index contributed by atoms with van der Waals surface area (Å²) >= 11 is 0. The summed E-state index contributed by atoms with van der Waals surface area (Å²) in [7, 11) is 0.836. The summed E-state index contributed by atoms with van der Waals surface area (Å²) < 4.78 is 89.7. The normalized spacial score (nSPS) is 14.6. The zero-order valence-corrected chi connectivity index (χ0v) is 9.88. The van der Waals surface area contributed by atoms with E-state index in [2.05, 4.69) is 0 Å². The first kappa shape index (κ1) is 15.7. The molecule has 19 heavy (non-hydrogen) atoms. The van der Waals surface area contributed by atoms with Crippen molar-refractivity contribution < 1.29 is 30.7 Å². The van der Waals surface area contributed by atoms with Crippen LogP contribution in [0, 0.1) is 18.6 Å². The Hall–Kier alpha value is -1.31. The Bertz CT molecular complexity index is 467. The summed E-state index contributed by atoms with van der Waals surface area (Å²) in [6.07, 6.45) is -5.85. The van der Waals surface area contributed by atoms with Gasteiger partial charge in [0.05, 0.1) is 0 Å². The fraction of sp³-hybridized carbons (Fsp3) is 0.455. The summed E-state index contributed by atoms with van der Waals surface area (Å²) in [5.41, 5.74) is -1.17. The lowest BCUT2D eigenvalue weighted by Crippen LogP contribution is -2.47. The molecule has 0 aliphatic carbocycles. The third kappa shape index (κ3) is 2.83. The van der Waals surface area contributed by atoms with E-state index in [1.807, 2.05) is 0 Å². The van der Waals surface area contributed by atoms with Crippen molar-refractivity contribution in [3.05, 3.63) is 34.9 Å². The Balaban J connectivity index is 3.37. The van der Waals surface area contributed by atoms with Crippen molar-refractivity contribution >= 4 is 0 Å². The fourth-order valence-electron chi connectivity index (χ4n) is 1.60. The number of halogens is 7. The van der Waals surface area contributed by atoms with Gasteiger partial charge in [0.1, 0.15) is 17.7 Å². The summed E-state index contributed by atoms with van der Waals surface area (Å²) in [4.78, 5) is 0. The maximum atomic E-state index is 13.4. The van der Waals surface area contributed by atoms with E-state index in [1.54, 1.807) is 5.32 Å². The van der Waals surface area contributed by atoms with Crippen molar-refractivity contribution in [2.24, 2.45) is 0 Å². The Labute approximate surface area is 104 Å². The molecular weight excluding hydrogens is 279 g/mol. The van der Waals surface area contributed by atoms with E-state index < -0.39 is 35.3 Å². The van der Waals surface area contributed by atoms with Crippen molar-refractivity contribution in [3.63, 3.8) is 0 Å². The van der Waals surface area contributed by atoms with Gasteiger partial charge >= 0.3 is 12.1 Å². The van der Waals surface area contributed by atoms with E-state index in [4.69, 9.17) is 0 Å². The number of alkyl halides is 5. The van der Waals surface area contributed by atoms with Crippen molar-refractivity contribution in [1.29, 1.82) is 0 Å². The Kier molecular flexibility index (Phi) is 4.14. The molecule has 0 aromatic heterocycles. The molecule has 1 rings (SSSR count). The van der Waals surface area contributed by atoms with E-state index in [0.717, 1.165) is 14.0 Å². The molecule has 108 valence electrons. The van der Waals surface area contributed by atoms with Gasteiger partial charge in [-0.25, -0.2) is 8.78 Å². The summed E-state index contributed by atoms with van der Waals surface area (Å²) in [5, 5.41) is 1.72. The van der Waals surface area contributed by atoms with E-state index in [0.29, 0.717) is 6.07 Å². The highest BCUT2D eigenvalue weighted by atomic mass is 19.4. The lowest BCUT2D eigenvalue weighted by molar-refractivity contribution is -0.294. The monoisotopic (exact) mass is 289 g/mol. The van der Waals surface area contributed by atoms with E-state index in [1.165, 1.54) is 0 Å². The highest BCUT2D eigenvalue weighted by Crippen LogP contribution is 2.45. The molecule has 0 amide bonds. The molecular formula is C11H10F7N. The Morgan fingerprint density at radius 1 is 1.00 bits per heavy atom. The number of hydrogen-bond donors (Lipinski definition) is 1. The van der Waals surface area contributed by atoms with Crippen LogP contribution in [-0.4, -0.2) is 19.1 Å². The van der Waals surface area contributed by atoms with Gasteiger partial charge in [0, 0.05) is 11.6 Å². The third-order valence-electron chi connectivity index (χ3n) is 2.62. The molecule has 1 N–H and O–H groups in total. The molecule has 1 aromatic carbocycles. The molecule has 0 heterocycles. The average molecular weight is 289 g/mol. The van der Waals surface area contributed by atoms with E-state index in [9.17, 15) is 30.7 Å². The average Bonchev–Trinajstić information content (AvgIpc) is 2.24. The molecule has 1 nitrogen and oxygen atoms in total. The van der Waals surface area contributed by atoms with Crippen molar-refractivity contribution in [3.8, 4) is 0 Å². The fourth-order valence-corrected chi connectivity index (χ4v) is 1.60. The topological polar surface area (TPSA) is 12.0 Å². The summed E-state index contributed by atoms with van der Waals surface area (Å²) in [6, 6.07) is -1.72. The van der Waals surface area contributed by atoms with Gasteiger partial charge in [-0.15, -0.1) is 0 Å². The summed E-state index contributed by atoms with van der Waals surface area (Å²) in [5.74, 6) is -7.68. The molecule has 1 atom stereocenters. The van der Waals surface area contributed by atoms with Crippen LogP contribution in [0.3, 0.4) is 0 Å². The minimum absolute atomic E-state index is 0.227. The van der Waals surface area contributed by atoms with Gasteiger partial charge in [0.15, 0.2) is 0 Å². The minimum Gasteiger partial charge on any atom is -0.308 e. The number of aryl methyl sites for hydroxylation is 1. The van der Waals surface area contributed by atoms with Gasteiger partial charge in [-0.2, -0.15) is 22.0 Å². The lowest BCUT2D eigenvalue weighted by Gasteiger charge is -2.29. The second-order valence-electron chi connectivity index (χ2n) is 3.97. The number of rotatable bonds is 3. The third-order valence-corrected chi connectivity index (χ3v) is 2.62. The SMILES string of the molecule is CNC(c1cc(C)c(F)cc1F)C(F)(F)C(F)(F)F. The van der Waals surface area contributed by atoms with Crippen LogP contribution in [-0.2, 0) is 0 Å². The lowest BCUT2D eigenvalue weighted by atomic mass is 9.97. The molecule has 1 aromatic rings. The molecule has 0 fully saturated rings. The smallest absolute Gasteiger partial charge is 0.308 e. The first-order chi connectivity index (χ1) is 8.52. The molecule has 8 heteroatoms. The Morgan fingerprint density at radius 2 is 1.53 bits per heavy atom. The number of benzene rings is 1. The molecule has 0 saturated heterocycles. The van der Waals surface area contributed by atoms with Crippen molar-refractivity contribution in [2.75, 3.05) is 7.05 Å². The maximum absolute atomic E-state index is 13.4. The number of hydrogen-bond acceptors (Lipinski definition) is 1. The van der Waals surface area contributed by atoms with Gasteiger partial charge < -0.3 is 5.32 Å². The van der Waals surface area contributed by atoms with Crippen molar-refractivity contribution in [1.82, 2.24) is 5.32 Å². The molecule has 0 spiro atoms. The zero-order chi connectivity index (χ0) is 15.0. The quantitative estimate of drug-likeness (QED) is 0.836. The Morgan fingerprint density at radius 3 is 1.95 bits per heavy atom. The molecule has 0 radical (unpaired) electrons. The van der Waals surface area contributed by atoms with Crippen LogP contribution >= 0.6 is 0 Å². The van der Waals surface area contributed by atoms with Crippen LogP contribution in [0.15, 0.2) is 12.1 Å². The van der Waals surface area contributed by atoms with Crippen LogP contribution < -0.4 is 5.32 Å². The highest BCUT2D eigenvalue weighted by Gasteiger charge is 2.62. The second-order valence-corrected chi connectivity index (χ2v) is 3.97. The van der Waals surface area contributed by atoms with Gasteiger partial charge in [-0.1, -0.05) is 0 Å². The summed E-state index contributed by atoms with van der Waals surface area (Å²) in [6.45, 7) is 1.14. The van der Waals surface area contributed by atoms with Crippen LogP contribution in [0.1, 0.15) is 17.2 Å². The predicted octanol–water partition coefficient (Wildman–Crippen LogP) is 3.73. The number of nitrogens with one attached hydrogen (secondary N) is 1. The van der Waals surface area contributed by atoms with Crippen LogP contribution in [0.5, 0.6) is 0 Å². The highest BCUT2D eigenvalue weighted by molar-refractivity contribution is 5.30.